The summed E-state index contributed by atoms with van der Waals surface area (Å²) in [5.41, 5.74) is 1.72. The minimum Gasteiger partial charge on any atom is -0.455 e. The van der Waals surface area contributed by atoms with Crippen molar-refractivity contribution in [2.24, 2.45) is 0 Å². The van der Waals surface area contributed by atoms with E-state index < -0.39 is 24.5 Å². The van der Waals surface area contributed by atoms with Gasteiger partial charge in [0.05, 0.1) is 11.5 Å². The summed E-state index contributed by atoms with van der Waals surface area (Å²) >= 11 is 1.07. The highest BCUT2D eigenvalue weighted by atomic mass is 32.2. The number of hydrogen-bond acceptors (Lipinski definition) is 6. The Hall–Kier alpha value is -2.55. The van der Waals surface area contributed by atoms with E-state index in [1.54, 1.807) is 19.9 Å². The molecule has 1 aromatic carbocycles. The van der Waals surface area contributed by atoms with Crippen LogP contribution in [0.5, 0.6) is 0 Å². The minimum atomic E-state index is -0.723. The van der Waals surface area contributed by atoms with Crippen LogP contribution in [-0.2, 0) is 19.1 Å². The average molecular weight is 381 g/mol. The van der Waals surface area contributed by atoms with Crippen LogP contribution in [-0.4, -0.2) is 48.0 Å². The number of urea groups is 1. The quantitative estimate of drug-likeness (QED) is 0.587. The van der Waals surface area contributed by atoms with E-state index >= 15 is 0 Å². The number of benzene rings is 1. The molecule has 9 heteroatoms. The van der Waals surface area contributed by atoms with E-state index in [1.807, 2.05) is 30.4 Å². The van der Waals surface area contributed by atoms with Gasteiger partial charge in [0.15, 0.2) is 6.61 Å². The van der Waals surface area contributed by atoms with Crippen molar-refractivity contribution in [1.82, 2.24) is 10.6 Å². The van der Waals surface area contributed by atoms with Gasteiger partial charge in [0.1, 0.15) is 0 Å². The molecular weight excluding hydrogens is 358 g/mol. The average Bonchev–Trinajstić information content (AvgIpc) is 2.52. The van der Waals surface area contributed by atoms with Crippen LogP contribution in [0.2, 0.25) is 0 Å². The lowest BCUT2D eigenvalue weighted by molar-refractivity contribution is -0.145. The van der Waals surface area contributed by atoms with Crippen molar-refractivity contribution in [3.63, 3.8) is 0 Å². The number of anilines is 1. The fraction of sp³-hybridized carbons (Fsp3) is 0.412. The third-order valence-corrected chi connectivity index (χ3v) is 3.70. The Kier molecular flexibility index (Phi) is 9.21. The first-order valence-electron chi connectivity index (χ1n) is 7.96. The predicted molar refractivity (Wildman–Crippen MR) is 99.9 cm³/mol. The van der Waals surface area contributed by atoms with E-state index in [4.69, 9.17) is 4.74 Å². The molecule has 4 amide bonds. The summed E-state index contributed by atoms with van der Waals surface area (Å²) in [7, 11) is 0. The number of hydrogen-bond donors (Lipinski definition) is 3. The van der Waals surface area contributed by atoms with Gasteiger partial charge in [-0.15, -0.1) is 11.8 Å². The summed E-state index contributed by atoms with van der Waals surface area (Å²) in [4.78, 5) is 46.1. The summed E-state index contributed by atoms with van der Waals surface area (Å²) in [5, 5.41) is 7.23. The Labute approximate surface area is 156 Å². The first kappa shape index (κ1) is 21.5. The highest BCUT2D eigenvalue weighted by Crippen LogP contribution is 2.10. The normalized spacial score (nSPS) is 10.2. The summed E-state index contributed by atoms with van der Waals surface area (Å²) in [6.45, 7) is 4.86. The van der Waals surface area contributed by atoms with Gasteiger partial charge in [0, 0.05) is 11.7 Å². The zero-order chi connectivity index (χ0) is 19.5. The standard InChI is InChI=1S/C17H23N3O5S/c1-11(2)18-17(24)20-14(21)8-25-16(23)10-26-9-15(22)19-13-6-4-5-12(3)7-13/h4-7,11H,8-10H2,1-3H3,(H,19,22)(H2,18,20,21,24). The van der Waals surface area contributed by atoms with Gasteiger partial charge in [-0.3, -0.25) is 19.7 Å². The van der Waals surface area contributed by atoms with Crippen LogP contribution >= 0.6 is 11.8 Å². The fourth-order valence-electron chi connectivity index (χ4n) is 1.80. The van der Waals surface area contributed by atoms with Gasteiger partial charge < -0.3 is 15.4 Å². The topological polar surface area (TPSA) is 114 Å². The smallest absolute Gasteiger partial charge is 0.321 e. The number of carbonyl (C=O) groups excluding carboxylic acids is 4. The molecule has 0 aliphatic carbocycles. The molecule has 0 aromatic heterocycles. The molecule has 0 heterocycles. The monoisotopic (exact) mass is 381 g/mol. The number of carbonyl (C=O) groups is 4. The second-order valence-corrected chi connectivity index (χ2v) is 6.73. The molecule has 142 valence electrons. The van der Waals surface area contributed by atoms with Crippen molar-refractivity contribution in [2.75, 3.05) is 23.4 Å². The zero-order valence-corrected chi connectivity index (χ0v) is 15.8. The molecule has 3 N–H and O–H groups in total. The van der Waals surface area contributed by atoms with Crippen LogP contribution < -0.4 is 16.0 Å². The molecule has 0 fully saturated rings. The Morgan fingerprint density at radius 2 is 1.85 bits per heavy atom. The van der Waals surface area contributed by atoms with Crippen LogP contribution in [0.4, 0.5) is 10.5 Å². The molecule has 8 nitrogen and oxygen atoms in total. The molecule has 26 heavy (non-hydrogen) atoms. The maximum absolute atomic E-state index is 11.8. The molecule has 1 aromatic rings. The third kappa shape index (κ3) is 9.67. The molecule has 0 atom stereocenters. The highest BCUT2D eigenvalue weighted by molar-refractivity contribution is 8.00. The van der Waals surface area contributed by atoms with E-state index in [-0.39, 0.29) is 23.5 Å². The number of nitrogens with one attached hydrogen (secondary N) is 3. The Morgan fingerprint density at radius 1 is 1.12 bits per heavy atom. The first-order chi connectivity index (χ1) is 12.3. The number of esters is 1. The van der Waals surface area contributed by atoms with Crippen molar-refractivity contribution < 1.29 is 23.9 Å². The molecular formula is C17H23N3O5S. The lowest BCUT2D eigenvalue weighted by Crippen LogP contribution is -2.44. The molecule has 0 bridgehead atoms. The van der Waals surface area contributed by atoms with Gasteiger partial charge in [-0.05, 0) is 38.5 Å². The predicted octanol–water partition coefficient (Wildman–Crippen LogP) is 1.44. The Morgan fingerprint density at radius 3 is 2.50 bits per heavy atom. The van der Waals surface area contributed by atoms with Crippen molar-refractivity contribution in [2.45, 2.75) is 26.8 Å². The second-order valence-electron chi connectivity index (χ2n) is 5.75. The van der Waals surface area contributed by atoms with Crippen molar-refractivity contribution in [3.05, 3.63) is 29.8 Å². The van der Waals surface area contributed by atoms with Gasteiger partial charge >= 0.3 is 12.0 Å². The maximum Gasteiger partial charge on any atom is 0.321 e. The zero-order valence-electron chi connectivity index (χ0n) is 15.0. The van der Waals surface area contributed by atoms with E-state index in [0.717, 1.165) is 17.3 Å². The SMILES string of the molecule is Cc1cccc(NC(=O)CSCC(=O)OCC(=O)NC(=O)NC(C)C)c1. The molecule has 0 aliphatic rings. The van der Waals surface area contributed by atoms with Gasteiger partial charge in [0.2, 0.25) is 5.91 Å². The van der Waals surface area contributed by atoms with Crippen LogP contribution in [0, 0.1) is 6.92 Å². The van der Waals surface area contributed by atoms with Gasteiger partial charge in [0.25, 0.3) is 5.91 Å². The van der Waals surface area contributed by atoms with Crippen LogP contribution in [0.1, 0.15) is 19.4 Å². The largest absolute Gasteiger partial charge is 0.455 e. The number of ether oxygens (including phenoxy) is 1. The van der Waals surface area contributed by atoms with E-state index in [2.05, 4.69) is 10.6 Å². The fourth-order valence-corrected chi connectivity index (χ4v) is 2.41. The van der Waals surface area contributed by atoms with Crippen LogP contribution in [0.3, 0.4) is 0 Å². The summed E-state index contributed by atoms with van der Waals surface area (Å²) in [6.07, 6.45) is 0. The molecule has 0 radical (unpaired) electrons. The highest BCUT2D eigenvalue weighted by Gasteiger charge is 2.12. The molecule has 0 unspecified atom stereocenters. The van der Waals surface area contributed by atoms with Crippen molar-refractivity contribution in [1.29, 1.82) is 0 Å². The van der Waals surface area contributed by atoms with Crippen LogP contribution in [0.25, 0.3) is 0 Å². The lowest BCUT2D eigenvalue weighted by atomic mass is 10.2. The third-order valence-electron chi connectivity index (χ3n) is 2.79. The number of rotatable bonds is 8. The van der Waals surface area contributed by atoms with E-state index in [9.17, 15) is 19.2 Å². The number of amides is 4. The minimum absolute atomic E-state index is 0.0754. The van der Waals surface area contributed by atoms with Crippen molar-refractivity contribution in [3.8, 4) is 0 Å². The van der Waals surface area contributed by atoms with Gasteiger partial charge in [-0.2, -0.15) is 0 Å². The number of aryl methyl sites for hydroxylation is 1. The molecule has 0 saturated carbocycles. The molecule has 0 spiro atoms. The van der Waals surface area contributed by atoms with Gasteiger partial charge in [-0.1, -0.05) is 12.1 Å². The van der Waals surface area contributed by atoms with Gasteiger partial charge in [-0.25, -0.2) is 4.79 Å². The number of thioether (sulfide) groups is 1. The number of imide groups is 1. The van der Waals surface area contributed by atoms with Crippen molar-refractivity contribution >= 4 is 41.3 Å². The molecule has 0 saturated heterocycles. The summed E-state index contributed by atoms with van der Waals surface area (Å²) in [5.74, 6) is -1.60. The van der Waals surface area contributed by atoms with Crippen LogP contribution in [0.15, 0.2) is 24.3 Å². The summed E-state index contributed by atoms with van der Waals surface area (Å²) < 4.78 is 4.74. The molecule has 0 aliphatic heterocycles. The second kappa shape index (κ2) is 11.1. The molecule has 1 rings (SSSR count). The summed E-state index contributed by atoms with van der Waals surface area (Å²) in [6, 6.07) is 6.60. The first-order valence-corrected chi connectivity index (χ1v) is 9.12. The Bertz CT molecular complexity index is 664. The Balaban J connectivity index is 2.19. The maximum atomic E-state index is 11.8. The van der Waals surface area contributed by atoms with E-state index in [0.29, 0.717) is 5.69 Å². The van der Waals surface area contributed by atoms with E-state index in [1.165, 1.54) is 0 Å². The lowest BCUT2D eigenvalue weighted by Gasteiger charge is -2.09.